The maximum absolute atomic E-state index is 5.87. The molecule has 2 aliphatic rings. The molecular weight excluding hydrogens is 238 g/mol. The molecule has 2 saturated heterocycles. The Morgan fingerprint density at radius 2 is 1.89 bits per heavy atom. The van der Waals surface area contributed by atoms with Crippen molar-refractivity contribution in [3.8, 4) is 0 Å². The van der Waals surface area contributed by atoms with Crippen molar-refractivity contribution in [1.29, 1.82) is 0 Å². The van der Waals surface area contributed by atoms with Gasteiger partial charge in [-0.1, -0.05) is 42.0 Å². The largest absolute Gasteiger partial charge is 0.376 e. The third-order valence-electron chi connectivity index (χ3n) is 3.60. The van der Waals surface area contributed by atoms with E-state index in [1.807, 2.05) is 0 Å². The molecule has 19 heavy (non-hydrogen) atoms. The van der Waals surface area contributed by atoms with Crippen LogP contribution >= 0.6 is 0 Å². The van der Waals surface area contributed by atoms with Gasteiger partial charge in [-0.05, 0) is 12.5 Å². The van der Waals surface area contributed by atoms with Gasteiger partial charge < -0.3 is 9.47 Å². The van der Waals surface area contributed by atoms with Crippen molar-refractivity contribution in [2.45, 2.75) is 19.1 Å². The van der Waals surface area contributed by atoms with E-state index in [0.29, 0.717) is 0 Å². The van der Waals surface area contributed by atoms with Crippen LogP contribution in [-0.2, 0) is 9.47 Å². The molecule has 0 aromatic heterocycles. The van der Waals surface area contributed by atoms with E-state index in [0.717, 1.165) is 32.8 Å². The van der Waals surface area contributed by atoms with E-state index >= 15 is 0 Å². The lowest BCUT2D eigenvalue weighted by Gasteiger charge is -2.41. The fourth-order valence-electron chi connectivity index (χ4n) is 2.88. The van der Waals surface area contributed by atoms with Gasteiger partial charge in [-0.2, -0.15) is 0 Å². The second kappa shape index (κ2) is 5.87. The maximum atomic E-state index is 5.87. The second-order valence-corrected chi connectivity index (χ2v) is 5.51. The molecule has 2 bridgehead atoms. The number of benzene rings is 1. The Labute approximate surface area is 114 Å². The summed E-state index contributed by atoms with van der Waals surface area (Å²) in [5.74, 6) is 0. The highest BCUT2D eigenvalue weighted by Crippen LogP contribution is 2.18. The molecule has 2 atom stereocenters. The summed E-state index contributed by atoms with van der Waals surface area (Å²) in [5, 5.41) is 0. The summed E-state index contributed by atoms with van der Waals surface area (Å²) in [6, 6.07) is 10.5. The lowest BCUT2D eigenvalue weighted by atomic mass is 10.1. The summed E-state index contributed by atoms with van der Waals surface area (Å²) >= 11 is 0. The van der Waals surface area contributed by atoms with Crippen LogP contribution in [0.5, 0.6) is 0 Å². The fraction of sp³-hybridized carbons (Fsp3) is 0.500. The Kier molecular flexibility index (Phi) is 3.97. The van der Waals surface area contributed by atoms with Crippen molar-refractivity contribution < 1.29 is 9.47 Å². The van der Waals surface area contributed by atoms with Crippen LogP contribution in [0, 0.1) is 0 Å². The van der Waals surface area contributed by atoms with Gasteiger partial charge >= 0.3 is 0 Å². The van der Waals surface area contributed by atoms with Crippen molar-refractivity contribution in [2.75, 3.05) is 32.8 Å². The van der Waals surface area contributed by atoms with Gasteiger partial charge in [0.15, 0.2) is 0 Å². The molecule has 3 rings (SSSR count). The summed E-state index contributed by atoms with van der Waals surface area (Å²) < 4.78 is 11.4. The van der Waals surface area contributed by atoms with Crippen LogP contribution in [0.15, 0.2) is 35.9 Å². The minimum absolute atomic E-state index is 0.261. The molecule has 0 aliphatic carbocycles. The topological polar surface area (TPSA) is 21.7 Å². The smallest absolute Gasteiger partial charge is 0.0940 e. The Morgan fingerprint density at radius 1 is 1.21 bits per heavy atom. The summed E-state index contributed by atoms with van der Waals surface area (Å²) in [5.41, 5.74) is 2.67. The summed E-state index contributed by atoms with van der Waals surface area (Å²) in [6.07, 6.45) is 2.79. The van der Waals surface area contributed by atoms with Crippen molar-refractivity contribution in [2.24, 2.45) is 0 Å². The van der Waals surface area contributed by atoms with Crippen LogP contribution in [0.1, 0.15) is 12.5 Å². The highest BCUT2D eigenvalue weighted by Gasteiger charge is 2.31. The van der Waals surface area contributed by atoms with Crippen LogP contribution < -0.4 is 0 Å². The maximum Gasteiger partial charge on any atom is 0.0940 e. The molecule has 2 unspecified atom stereocenters. The zero-order chi connectivity index (χ0) is 13.1. The summed E-state index contributed by atoms with van der Waals surface area (Å²) in [6.45, 7) is 6.68. The number of rotatable bonds is 3. The molecule has 0 radical (unpaired) electrons. The Balaban J connectivity index is 1.60. The van der Waals surface area contributed by atoms with E-state index in [2.05, 4.69) is 48.2 Å². The van der Waals surface area contributed by atoms with Gasteiger partial charge in [0.05, 0.1) is 25.4 Å². The molecule has 0 N–H and O–H groups in total. The van der Waals surface area contributed by atoms with Crippen LogP contribution in [0.2, 0.25) is 0 Å². The summed E-state index contributed by atoms with van der Waals surface area (Å²) in [4.78, 5) is 2.48. The van der Waals surface area contributed by atoms with Crippen molar-refractivity contribution >= 4 is 6.08 Å². The number of hydrogen-bond acceptors (Lipinski definition) is 3. The quantitative estimate of drug-likeness (QED) is 0.830. The molecule has 0 amide bonds. The molecule has 1 aromatic carbocycles. The predicted octanol–water partition coefficient (Wildman–Crippen LogP) is 2.19. The highest BCUT2D eigenvalue weighted by molar-refractivity contribution is 5.52. The molecule has 3 nitrogen and oxygen atoms in total. The van der Waals surface area contributed by atoms with Gasteiger partial charge in [-0.25, -0.2) is 0 Å². The average Bonchev–Trinajstić information content (AvgIpc) is 2.39. The SMILES string of the molecule is CC(=Cc1ccccc1)CN1CC2COCC(C1)O2. The third-order valence-corrected chi connectivity index (χ3v) is 3.60. The molecule has 102 valence electrons. The normalized spacial score (nSPS) is 28.4. The van der Waals surface area contributed by atoms with Crippen LogP contribution in [0.3, 0.4) is 0 Å². The first-order chi connectivity index (χ1) is 9.29. The molecule has 2 heterocycles. The molecule has 1 aromatic rings. The minimum Gasteiger partial charge on any atom is -0.376 e. The van der Waals surface area contributed by atoms with Gasteiger partial charge in [0, 0.05) is 19.6 Å². The number of morpholine rings is 1. The Bertz CT molecular complexity index is 431. The average molecular weight is 259 g/mol. The van der Waals surface area contributed by atoms with E-state index in [1.54, 1.807) is 0 Å². The molecular formula is C16H21NO2. The molecule has 2 fully saturated rings. The Hall–Kier alpha value is -1.16. The van der Waals surface area contributed by atoms with E-state index < -0.39 is 0 Å². The monoisotopic (exact) mass is 259 g/mol. The molecule has 0 spiro atoms. The van der Waals surface area contributed by atoms with Crippen molar-refractivity contribution in [3.05, 3.63) is 41.5 Å². The predicted molar refractivity (Wildman–Crippen MR) is 76.0 cm³/mol. The number of hydrogen-bond donors (Lipinski definition) is 0. The van der Waals surface area contributed by atoms with Crippen molar-refractivity contribution in [1.82, 2.24) is 4.90 Å². The second-order valence-electron chi connectivity index (χ2n) is 5.51. The number of ether oxygens (including phenoxy) is 2. The minimum atomic E-state index is 0.261. The first-order valence-corrected chi connectivity index (χ1v) is 6.97. The van der Waals surface area contributed by atoms with Gasteiger partial charge in [-0.15, -0.1) is 0 Å². The van der Waals surface area contributed by atoms with E-state index in [-0.39, 0.29) is 12.2 Å². The van der Waals surface area contributed by atoms with Gasteiger partial charge in [0.1, 0.15) is 0 Å². The molecule has 3 heteroatoms. The van der Waals surface area contributed by atoms with Crippen LogP contribution in [-0.4, -0.2) is 50.0 Å². The number of fused-ring (bicyclic) bond motifs is 2. The molecule has 0 saturated carbocycles. The number of nitrogens with zero attached hydrogens (tertiary/aromatic N) is 1. The highest BCUT2D eigenvalue weighted by atomic mass is 16.6. The molecule has 2 aliphatic heterocycles. The Morgan fingerprint density at radius 3 is 2.58 bits per heavy atom. The standard InChI is InChI=1S/C16H21NO2/c1-13(7-14-5-3-2-4-6-14)8-17-9-15-11-18-12-16(10-17)19-15/h2-7,15-16H,8-12H2,1H3. The van der Waals surface area contributed by atoms with E-state index in [4.69, 9.17) is 9.47 Å². The summed E-state index contributed by atoms with van der Waals surface area (Å²) in [7, 11) is 0. The first kappa shape index (κ1) is 12.9. The first-order valence-electron chi connectivity index (χ1n) is 6.97. The van der Waals surface area contributed by atoms with Crippen LogP contribution in [0.4, 0.5) is 0 Å². The van der Waals surface area contributed by atoms with E-state index in [1.165, 1.54) is 11.1 Å². The zero-order valence-electron chi connectivity index (χ0n) is 11.4. The lowest BCUT2D eigenvalue weighted by Crippen LogP contribution is -2.54. The van der Waals surface area contributed by atoms with Gasteiger partial charge in [0.25, 0.3) is 0 Å². The van der Waals surface area contributed by atoms with Gasteiger partial charge in [-0.3, -0.25) is 4.90 Å². The van der Waals surface area contributed by atoms with Gasteiger partial charge in [0.2, 0.25) is 0 Å². The van der Waals surface area contributed by atoms with Crippen molar-refractivity contribution in [3.63, 3.8) is 0 Å². The zero-order valence-corrected chi connectivity index (χ0v) is 11.4. The third kappa shape index (κ3) is 3.44. The fourth-order valence-corrected chi connectivity index (χ4v) is 2.88. The lowest BCUT2D eigenvalue weighted by molar-refractivity contribution is -0.177. The van der Waals surface area contributed by atoms with Crippen LogP contribution in [0.25, 0.3) is 6.08 Å². The van der Waals surface area contributed by atoms with E-state index in [9.17, 15) is 0 Å².